The fourth-order valence-electron chi connectivity index (χ4n) is 4.36. The van der Waals surface area contributed by atoms with Gasteiger partial charge in [0.05, 0.1) is 11.4 Å². The Balaban J connectivity index is 1.14. The van der Waals surface area contributed by atoms with Gasteiger partial charge in [-0.25, -0.2) is 4.98 Å². The summed E-state index contributed by atoms with van der Waals surface area (Å²) in [6.45, 7) is 4.75. The summed E-state index contributed by atoms with van der Waals surface area (Å²) in [5.74, 6) is 2.28. The molecule has 9 heteroatoms. The van der Waals surface area contributed by atoms with Crippen molar-refractivity contribution in [2.24, 2.45) is 0 Å². The van der Waals surface area contributed by atoms with Crippen LogP contribution in [0.25, 0.3) is 16.9 Å². The zero-order valence-electron chi connectivity index (χ0n) is 18.1. The molecule has 33 heavy (non-hydrogen) atoms. The van der Waals surface area contributed by atoms with Gasteiger partial charge in [0.15, 0.2) is 17.3 Å². The summed E-state index contributed by atoms with van der Waals surface area (Å²) < 4.78 is 12.7. The number of benzene rings is 1. The number of carbonyl (C=O) groups excluding carboxylic acids is 1. The van der Waals surface area contributed by atoms with Crippen LogP contribution in [0.4, 0.5) is 5.82 Å². The van der Waals surface area contributed by atoms with Crippen LogP contribution in [0.1, 0.15) is 16.2 Å². The average molecular weight is 442 g/mol. The molecule has 5 heterocycles. The maximum Gasteiger partial charge on any atom is 0.272 e. The zero-order valence-corrected chi connectivity index (χ0v) is 18.1. The van der Waals surface area contributed by atoms with Gasteiger partial charge in [0.1, 0.15) is 11.3 Å². The minimum Gasteiger partial charge on any atom is -0.454 e. The van der Waals surface area contributed by atoms with Crippen LogP contribution >= 0.6 is 0 Å². The first kappa shape index (κ1) is 19.5. The van der Waals surface area contributed by atoms with Crippen molar-refractivity contribution >= 4 is 17.4 Å². The summed E-state index contributed by atoms with van der Waals surface area (Å²) >= 11 is 0. The van der Waals surface area contributed by atoms with Crippen molar-refractivity contribution in [2.45, 2.75) is 6.92 Å². The number of pyridine rings is 1. The number of nitrogens with zero attached hydrogens (tertiary/aromatic N) is 6. The molecule has 0 radical (unpaired) electrons. The number of fused-ring (bicyclic) bond motifs is 2. The normalized spacial score (nSPS) is 15.3. The van der Waals surface area contributed by atoms with E-state index in [2.05, 4.69) is 20.1 Å². The van der Waals surface area contributed by atoms with Gasteiger partial charge in [-0.05, 0) is 49.4 Å². The number of hydrogen-bond donors (Lipinski definition) is 0. The summed E-state index contributed by atoms with van der Waals surface area (Å²) in [6, 6.07) is 15.4. The molecule has 3 aromatic heterocycles. The van der Waals surface area contributed by atoms with Gasteiger partial charge in [0, 0.05) is 37.9 Å². The number of anilines is 1. The van der Waals surface area contributed by atoms with Gasteiger partial charge in [-0.2, -0.15) is 0 Å². The number of hydrogen-bond acceptors (Lipinski definition) is 7. The third-order valence-corrected chi connectivity index (χ3v) is 6.12. The van der Waals surface area contributed by atoms with E-state index in [1.807, 2.05) is 71.0 Å². The maximum atomic E-state index is 13.2. The Morgan fingerprint density at radius 1 is 0.939 bits per heavy atom. The Morgan fingerprint density at radius 2 is 1.79 bits per heavy atom. The van der Waals surface area contributed by atoms with Crippen LogP contribution in [0.15, 0.2) is 54.7 Å². The Kier molecular flexibility index (Phi) is 4.60. The number of amides is 1. The topological polar surface area (TPSA) is 85.1 Å². The smallest absolute Gasteiger partial charge is 0.272 e. The van der Waals surface area contributed by atoms with Crippen molar-refractivity contribution in [2.75, 3.05) is 37.9 Å². The molecule has 2 aliphatic rings. The molecule has 1 fully saturated rings. The summed E-state index contributed by atoms with van der Waals surface area (Å²) in [6.07, 6.45) is 1.89. The van der Waals surface area contributed by atoms with Crippen LogP contribution in [-0.2, 0) is 0 Å². The molecule has 1 aromatic carbocycles. The Labute approximate surface area is 190 Å². The molecule has 0 saturated carbocycles. The highest BCUT2D eigenvalue weighted by Gasteiger charge is 2.26. The highest BCUT2D eigenvalue weighted by molar-refractivity contribution is 5.94. The van der Waals surface area contributed by atoms with Crippen LogP contribution < -0.4 is 14.4 Å². The Hall–Kier alpha value is -4.14. The first-order chi connectivity index (χ1) is 16.2. The van der Waals surface area contributed by atoms with Gasteiger partial charge in [-0.15, -0.1) is 10.2 Å². The second-order valence-electron chi connectivity index (χ2n) is 8.10. The van der Waals surface area contributed by atoms with E-state index in [-0.39, 0.29) is 12.7 Å². The quantitative estimate of drug-likeness (QED) is 0.482. The number of carbonyl (C=O) groups is 1. The molecule has 9 nitrogen and oxygen atoms in total. The first-order valence-electron chi connectivity index (χ1n) is 10.9. The van der Waals surface area contributed by atoms with Crippen molar-refractivity contribution in [3.05, 3.63) is 66.1 Å². The summed E-state index contributed by atoms with van der Waals surface area (Å²) in [4.78, 5) is 21.8. The number of aromatic nitrogens is 4. The molecule has 1 saturated heterocycles. The molecular formula is C24H22N6O3. The van der Waals surface area contributed by atoms with Gasteiger partial charge in [-0.1, -0.05) is 6.07 Å². The van der Waals surface area contributed by atoms with E-state index in [0.717, 1.165) is 39.9 Å². The molecule has 0 spiro atoms. The van der Waals surface area contributed by atoms with E-state index >= 15 is 0 Å². The lowest BCUT2D eigenvalue weighted by Gasteiger charge is -2.35. The zero-order chi connectivity index (χ0) is 22.4. The Bertz CT molecular complexity index is 1340. The number of piperazine rings is 1. The van der Waals surface area contributed by atoms with E-state index in [9.17, 15) is 4.79 Å². The molecule has 0 bridgehead atoms. The molecule has 1 amide bonds. The monoisotopic (exact) mass is 442 g/mol. The molecule has 0 aliphatic carbocycles. The lowest BCUT2D eigenvalue weighted by atomic mass is 10.1. The molecule has 166 valence electrons. The molecule has 2 aliphatic heterocycles. The van der Waals surface area contributed by atoms with Crippen molar-refractivity contribution in [1.82, 2.24) is 24.5 Å². The number of imidazole rings is 1. The second kappa shape index (κ2) is 7.77. The predicted octanol–water partition coefficient (Wildman–Crippen LogP) is 2.79. The number of rotatable bonds is 3. The second-order valence-corrected chi connectivity index (χ2v) is 8.10. The van der Waals surface area contributed by atoms with Crippen LogP contribution in [0.2, 0.25) is 0 Å². The van der Waals surface area contributed by atoms with Gasteiger partial charge in [0.25, 0.3) is 5.91 Å². The number of ether oxygens (including phenoxy) is 2. The predicted molar refractivity (Wildman–Crippen MR) is 122 cm³/mol. The van der Waals surface area contributed by atoms with Crippen molar-refractivity contribution in [3.8, 4) is 22.8 Å². The number of aryl methyl sites for hydroxylation is 1. The molecular weight excluding hydrogens is 420 g/mol. The summed E-state index contributed by atoms with van der Waals surface area (Å²) in [7, 11) is 0. The minimum atomic E-state index is 0.00934. The van der Waals surface area contributed by atoms with Crippen LogP contribution in [-0.4, -0.2) is 63.4 Å². The van der Waals surface area contributed by atoms with Crippen molar-refractivity contribution in [1.29, 1.82) is 0 Å². The first-order valence-corrected chi connectivity index (χ1v) is 10.9. The van der Waals surface area contributed by atoms with Crippen LogP contribution in [0.3, 0.4) is 0 Å². The molecule has 6 rings (SSSR count). The van der Waals surface area contributed by atoms with Crippen LogP contribution in [0.5, 0.6) is 11.5 Å². The van der Waals surface area contributed by atoms with Crippen LogP contribution in [0, 0.1) is 6.92 Å². The largest absolute Gasteiger partial charge is 0.454 e. The SMILES string of the molecule is Cc1nc2ccccn2c1C(=O)N1CCN(c2ccc(-c3ccc4c(c3)OCO4)nn2)CC1. The lowest BCUT2D eigenvalue weighted by Crippen LogP contribution is -2.49. The lowest BCUT2D eigenvalue weighted by molar-refractivity contribution is 0.0738. The van der Waals surface area contributed by atoms with Gasteiger partial charge in [-0.3, -0.25) is 9.20 Å². The average Bonchev–Trinajstić information content (AvgIpc) is 3.46. The maximum absolute atomic E-state index is 13.2. The van der Waals surface area contributed by atoms with Gasteiger partial charge in [0.2, 0.25) is 6.79 Å². The van der Waals surface area contributed by atoms with Gasteiger partial charge >= 0.3 is 0 Å². The highest BCUT2D eigenvalue weighted by atomic mass is 16.7. The van der Waals surface area contributed by atoms with E-state index in [0.29, 0.717) is 31.9 Å². The fraction of sp³-hybridized carbons (Fsp3) is 0.250. The molecule has 0 atom stereocenters. The van der Waals surface area contributed by atoms with E-state index in [4.69, 9.17) is 9.47 Å². The molecule has 0 N–H and O–H groups in total. The summed E-state index contributed by atoms with van der Waals surface area (Å²) in [5.41, 5.74) is 3.87. The van der Waals surface area contributed by atoms with Crippen molar-refractivity contribution in [3.63, 3.8) is 0 Å². The molecule has 4 aromatic rings. The van der Waals surface area contributed by atoms with E-state index in [1.54, 1.807) is 0 Å². The summed E-state index contributed by atoms with van der Waals surface area (Å²) in [5, 5.41) is 8.84. The molecule has 0 unspecified atom stereocenters. The Morgan fingerprint density at radius 3 is 2.61 bits per heavy atom. The van der Waals surface area contributed by atoms with Gasteiger partial charge < -0.3 is 19.3 Å². The van der Waals surface area contributed by atoms with E-state index in [1.165, 1.54) is 0 Å². The standard InChI is InChI=1S/C24H22N6O3/c1-16-23(30-9-3-2-4-21(30)25-16)24(31)29-12-10-28(11-13-29)22-8-6-18(26-27-22)17-5-7-19-20(14-17)33-15-32-19/h2-9,14H,10-13,15H2,1H3. The fourth-order valence-corrected chi connectivity index (χ4v) is 4.36. The highest BCUT2D eigenvalue weighted by Crippen LogP contribution is 2.35. The van der Waals surface area contributed by atoms with Crippen molar-refractivity contribution < 1.29 is 14.3 Å². The van der Waals surface area contributed by atoms with E-state index < -0.39 is 0 Å². The minimum absolute atomic E-state index is 0.00934. The third kappa shape index (κ3) is 3.42. The third-order valence-electron chi connectivity index (χ3n) is 6.12.